The molecule has 0 spiro atoms. The van der Waals surface area contributed by atoms with Crippen molar-refractivity contribution >= 4 is 47.6 Å². The Kier molecular flexibility index (Phi) is 16.8. The number of rotatable bonds is 20. The van der Waals surface area contributed by atoms with Crippen molar-refractivity contribution in [2.45, 2.75) is 69.4 Å². The maximum Gasteiger partial charge on any atom is 0.308 e. The lowest BCUT2D eigenvalue weighted by molar-refractivity contribution is -0.229. The van der Waals surface area contributed by atoms with Gasteiger partial charge in [-0.15, -0.1) is 0 Å². The van der Waals surface area contributed by atoms with E-state index < -0.39 is 124 Å². The Morgan fingerprint density at radius 2 is 0.857 bits per heavy atom. The van der Waals surface area contributed by atoms with Crippen LogP contribution in [0.2, 0.25) is 0 Å². The molecule has 2 fully saturated rings. The molecule has 19 heteroatoms. The van der Waals surface area contributed by atoms with Gasteiger partial charge in [-0.25, -0.2) is 4.90 Å². The summed E-state index contributed by atoms with van der Waals surface area (Å²) in [4.78, 5) is 101. The molecular weight excluding hydrogens is 830 g/mol. The molecular formula is C44H45NO18. The van der Waals surface area contributed by atoms with Gasteiger partial charge in [0.2, 0.25) is 0 Å². The predicted octanol–water partition coefficient (Wildman–Crippen LogP) is 3.44. The van der Waals surface area contributed by atoms with Gasteiger partial charge in [0.1, 0.15) is 25.4 Å². The lowest BCUT2D eigenvalue weighted by Crippen LogP contribution is -2.35. The van der Waals surface area contributed by atoms with E-state index in [9.17, 15) is 38.4 Å². The molecule has 3 aromatic carbocycles. The van der Waals surface area contributed by atoms with Gasteiger partial charge in [0.05, 0.1) is 76.1 Å². The average molecular weight is 876 g/mol. The Morgan fingerprint density at radius 1 is 0.492 bits per heavy atom. The van der Waals surface area contributed by atoms with E-state index in [2.05, 4.69) is 0 Å². The average Bonchev–Trinajstić information content (AvgIpc) is 3.55. The van der Waals surface area contributed by atoms with Crippen molar-refractivity contribution in [1.29, 1.82) is 0 Å². The first-order chi connectivity index (χ1) is 30.5. The minimum Gasteiger partial charge on any atom is -0.462 e. The highest BCUT2D eigenvalue weighted by molar-refractivity contribution is 6.21. The molecule has 2 amide bonds. The van der Waals surface area contributed by atoms with Crippen molar-refractivity contribution in [3.63, 3.8) is 0 Å². The maximum atomic E-state index is 12.8. The van der Waals surface area contributed by atoms with Crippen LogP contribution < -0.4 is 0 Å². The number of esters is 6. The lowest BCUT2D eigenvalue weighted by atomic mass is 10.1. The molecule has 19 nitrogen and oxygen atoms in total. The highest BCUT2D eigenvalue weighted by Crippen LogP contribution is 2.26. The van der Waals surface area contributed by atoms with E-state index in [1.54, 1.807) is 12.1 Å². The zero-order valence-corrected chi connectivity index (χ0v) is 34.0. The minimum atomic E-state index is -1.37. The summed E-state index contributed by atoms with van der Waals surface area (Å²) in [7, 11) is 0. The van der Waals surface area contributed by atoms with Crippen LogP contribution in [0.25, 0.3) is 0 Å². The van der Waals surface area contributed by atoms with Crippen LogP contribution >= 0.6 is 0 Å². The molecule has 6 rings (SSSR count). The molecule has 63 heavy (non-hydrogen) atoms. The summed E-state index contributed by atoms with van der Waals surface area (Å²) in [5.74, 6) is -6.36. The van der Waals surface area contributed by atoms with E-state index in [1.165, 1.54) is 12.1 Å². The lowest BCUT2D eigenvalue weighted by Gasteiger charge is -2.29. The van der Waals surface area contributed by atoms with Crippen LogP contribution in [0.15, 0.2) is 84.9 Å². The molecule has 0 unspecified atom stereocenters. The van der Waals surface area contributed by atoms with E-state index in [0.717, 1.165) is 16.0 Å². The van der Waals surface area contributed by atoms with Gasteiger partial charge in [-0.2, -0.15) is 0 Å². The molecule has 3 aliphatic heterocycles. The van der Waals surface area contributed by atoms with E-state index in [1.807, 2.05) is 60.7 Å². The molecule has 0 saturated carbocycles. The standard InChI is InChI=1S/C44H45NO18/c46-35(15-18-38(49)62-31-23-56-43(57-24-31)28-9-3-1-4-10-28)54-21-30(61-40(51)20-17-37(48)60-27-45-41(52)33-13-7-8-14-34(33)42(45)53)22-55-36(47)16-19-39(50)63-32-25-58-44(59-26-32)29-11-5-2-6-12-29/h1-14,30-32,43-44H,15-27H2. The van der Waals surface area contributed by atoms with Gasteiger partial charge < -0.3 is 47.4 Å². The van der Waals surface area contributed by atoms with Crippen LogP contribution in [0.4, 0.5) is 0 Å². The van der Waals surface area contributed by atoms with Crippen LogP contribution in [0, 0.1) is 0 Å². The summed E-state index contributed by atoms with van der Waals surface area (Å²) in [6.45, 7) is -1.60. The van der Waals surface area contributed by atoms with E-state index >= 15 is 0 Å². The Morgan fingerprint density at radius 3 is 1.29 bits per heavy atom. The third kappa shape index (κ3) is 14.0. The van der Waals surface area contributed by atoms with Crippen LogP contribution in [0.1, 0.15) is 82.9 Å². The van der Waals surface area contributed by atoms with E-state index in [-0.39, 0.29) is 50.4 Å². The number of hydrogen-bond acceptors (Lipinski definition) is 18. The van der Waals surface area contributed by atoms with Crippen LogP contribution in [-0.2, 0) is 76.1 Å². The van der Waals surface area contributed by atoms with Crippen molar-refractivity contribution in [1.82, 2.24) is 4.90 Å². The second-order valence-electron chi connectivity index (χ2n) is 14.2. The second-order valence-corrected chi connectivity index (χ2v) is 14.2. The van der Waals surface area contributed by atoms with Crippen LogP contribution in [-0.4, -0.2) is 117 Å². The van der Waals surface area contributed by atoms with Gasteiger partial charge in [0, 0.05) is 11.1 Å². The molecule has 0 aromatic heterocycles. The summed E-state index contributed by atoms with van der Waals surface area (Å²) < 4.78 is 54.0. The topological polar surface area (TPSA) is 232 Å². The van der Waals surface area contributed by atoms with Gasteiger partial charge in [0.25, 0.3) is 11.8 Å². The highest BCUT2D eigenvalue weighted by atomic mass is 16.7. The number of amides is 2. The largest absolute Gasteiger partial charge is 0.462 e. The molecule has 0 atom stereocenters. The summed E-state index contributed by atoms with van der Waals surface area (Å²) in [5.41, 5.74) is 1.95. The summed E-state index contributed by atoms with van der Waals surface area (Å²) in [6, 6.07) is 24.5. The number of hydrogen-bond donors (Lipinski definition) is 0. The van der Waals surface area contributed by atoms with Crippen LogP contribution in [0.3, 0.4) is 0 Å². The molecule has 2 saturated heterocycles. The maximum absolute atomic E-state index is 12.8. The fourth-order valence-electron chi connectivity index (χ4n) is 6.26. The van der Waals surface area contributed by atoms with Crippen LogP contribution in [0.5, 0.6) is 0 Å². The Bertz CT molecular complexity index is 1950. The van der Waals surface area contributed by atoms with Gasteiger partial charge in [-0.1, -0.05) is 72.8 Å². The Balaban J connectivity index is 0.917. The first-order valence-electron chi connectivity index (χ1n) is 20.1. The first-order valence-corrected chi connectivity index (χ1v) is 20.1. The zero-order valence-electron chi connectivity index (χ0n) is 34.0. The van der Waals surface area contributed by atoms with Crippen molar-refractivity contribution in [3.8, 4) is 0 Å². The monoisotopic (exact) mass is 875 g/mol. The zero-order chi connectivity index (χ0) is 44.6. The molecule has 0 aliphatic carbocycles. The fourth-order valence-corrected chi connectivity index (χ4v) is 6.26. The third-order valence-electron chi connectivity index (χ3n) is 9.46. The number of carbonyl (C=O) groups excluding carboxylic acids is 8. The van der Waals surface area contributed by atoms with Gasteiger partial charge in [0.15, 0.2) is 25.4 Å². The molecule has 3 aliphatic rings. The SMILES string of the molecule is O=C(CCC(=O)OC1COC(c2ccccc2)OC1)OCC(COC(=O)CCC(=O)OC1COC(c2ccccc2)OC1)OC(=O)CCC(=O)OCN1C(=O)c2ccccc2C1=O. The van der Waals surface area contributed by atoms with Crippen molar-refractivity contribution in [3.05, 3.63) is 107 Å². The number of nitrogens with zero attached hydrogens (tertiary/aromatic N) is 1. The predicted molar refractivity (Wildman–Crippen MR) is 209 cm³/mol. The summed E-state index contributed by atoms with van der Waals surface area (Å²) in [6.07, 6.45) is -6.58. The fraction of sp³-hybridized carbons (Fsp3) is 0.409. The van der Waals surface area contributed by atoms with Gasteiger partial charge in [-0.05, 0) is 12.1 Å². The molecule has 0 N–H and O–H groups in total. The smallest absolute Gasteiger partial charge is 0.308 e. The third-order valence-corrected chi connectivity index (χ3v) is 9.46. The molecule has 3 heterocycles. The quantitative estimate of drug-likeness (QED) is 0.0899. The molecule has 0 radical (unpaired) electrons. The summed E-state index contributed by atoms with van der Waals surface area (Å²) in [5, 5.41) is 0. The molecule has 0 bridgehead atoms. The molecule has 334 valence electrons. The number of fused-ring (bicyclic) bond motifs is 1. The second kappa shape index (κ2) is 23.1. The van der Waals surface area contributed by atoms with Crippen molar-refractivity contribution < 1.29 is 85.7 Å². The Hall–Kier alpha value is -6.54. The van der Waals surface area contributed by atoms with E-state index in [4.69, 9.17) is 47.4 Å². The number of carbonyl (C=O) groups is 8. The number of ether oxygens (including phenoxy) is 10. The Labute approximate surface area is 360 Å². The highest BCUT2D eigenvalue weighted by Gasteiger charge is 2.36. The number of benzene rings is 3. The van der Waals surface area contributed by atoms with Crippen molar-refractivity contribution in [2.24, 2.45) is 0 Å². The van der Waals surface area contributed by atoms with E-state index in [0.29, 0.717) is 0 Å². The number of imide groups is 1. The molecule has 3 aromatic rings. The minimum absolute atomic E-state index is 0.0764. The van der Waals surface area contributed by atoms with Gasteiger partial charge >= 0.3 is 35.8 Å². The first kappa shape index (κ1) is 46.0. The van der Waals surface area contributed by atoms with Gasteiger partial charge in [-0.3, -0.25) is 38.4 Å². The summed E-state index contributed by atoms with van der Waals surface area (Å²) >= 11 is 0. The van der Waals surface area contributed by atoms with Crippen molar-refractivity contribution in [2.75, 3.05) is 46.4 Å². The normalized spacial score (nSPS) is 19.8.